The second-order valence-electron chi connectivity index (χ2n) is 2.02. The molecule has 0 aliphatic carbocycles. The molecule has 0 saturated heterocycles. The van der Waals surface area contributed by atoms with Crippen LogP contribution in [0.1, 0.15) is 12.8 Å². The van der Waals surface area contributed by atoms with Crippen molar-refractivity contribution in [1.29, 1.82) is 0 Å². The standard InChI is InChI=1S/C6H12N2O/c7-3-2-6-8-4-1-5-9-6/h1-5,7H2. The van der Waals surface area contributed by atoms with Crippen LogP contribution in [0.5, 0.6) is 0 Å². The first-order valence-corrected chi connectivity index (χ1v) is 3.29. The Hall–Kier alpha value is -0.570. The molecule has 0 aromatic heterocycles. The van der Waals surface area contributed by atoms with Gasteiger partial charge >= 0.3 is 0 Å². The van der Waals surface area contributed by atoms with E-state index in [1.54, 1.807) is 0 Å². The zero-order chi connectivity index (χ0) is 6.53. The number of nitrogens with two attached hydrogens (primary N) is 1. The average Bonchev–Trinajstić information content (AvgIpc) is 1.91. The van der Waals surface area contributed by atoms with Crippen LogP contribution in [0.4, 0.5) is 0 Å². The molecule has 52 valence electrons. The lowest BCUT2D eigenvalue weighted by atomic mass is 10.3. The summed E-state index contributed by atoms with van der Waals surface area (Å²) in [6.07, 6.45) is 1.84. The molecule has 9 heavy (non-hydrogen) atoms. The SMILES string of the molecule is NCCC1=NCCCO1. The van der Waals surface area contributed by atoms with Crippen LogP contribution in [0.25, 0.3) is 0 Å². The second kappa shape index (κ2) is 3.45. The summed E-state index contributed by atoms with van der Waals surface area (Å²) in [6.45, 7) is 2.37. The normalized spacial score (nSPS) is 18.6. The molecule has 0 unspecified atom stereocenters. The van der Waals surface area contributed by atoms with Crippen molar-refractivity contribution >= 4 is 5.90 Å². The molecule has 0 atom stereocenters. The van der Waals surface area contributed by atoms with Gasteiger partial charge in [0.05, 0.1) is 6.61 Å². The quantitative estimate of drug-likeness (QED) is 0.575. The van der Waals surface area contributed by atoms with Crippen molar-refractivity contribution in [2.75, 3.05) is 19.7 Å². The zero-order valence-corrected chi connectivity index (χ0v) is 5.47. The molecule has 1 rings (SSSR count). The molecule has 0 bridgehead atoms. The van der Waals surface area contributed by atoms with E-state index in [4.69, 9.17) is 10.5 Å². The van der Waals surface area contributed by atoms with Crippen molar-refractivity contribution in [2.24, 2.45) is 10.7 Å². The zero-order valence-electron chi connectivity index (χ0n) is 5.47. The second-order valence-corrected chi connectivity index (χ2v) is 2.02. The van der Waals surface area contributed by atoms with Crippen LogP contribution in [0, 0.1) is 0 Å². The molecule has 3 nitrogen and oxygen atoms in total. The molecule has 1 heterocycles. The third-order valence-corrected chi connectivity index (χ3v) is 1.22. The summed E-state index contributed by atoms with van der Waals surface area (Å²) >= 11 is 0. The summed E-state index contributed by atoms with van der Waals surface area (Å²) in [4.78, 5) is 4.13. The molecule has 2 N–H and O–H groups in total. The van der Waals surface area contributed by atoms with Gasteiger partial charge in [0.2, 0.25) is 0 Å². The monoisotopic (exact) mass is 128 g/mol. The van der Waals surface area contributed by atoms with Gasteiger partial charge in [0.25, 0.3) is 0 Å². The predicted octanol–water partition coefficient (Wildman–Crippen LogP) is 0.154. The van der Waals surface area contributed by atoms with E-state index in [1.807, 2.05) is 0 Å². The van der Waals surface area contributed by atoms with Gasteiger partial charge in [0, 0.05) is 25.9 Å². The Labute approximate surface area is 54.9 Å². The van der Waals surface area contributed by atoms with E-state index >= 15 is 0 Å². The van der Waals surface area contributed by atoms with E-state index in [9.17, 15) is 0 Å². The maximum Gasteiger partial charge on any atom is 0.184 e. The summed E-state index contributed by atoms with van der Waals surface area (Å²) in [5.41, 5.74) is 5.30. The minimum absolute atomic E-state index is 0.638. The third-order valence-electron chi connectivity index (χ3n) is 1.22. The summed E-state index contributed by atoms with van der Waals surface area (Å²) < 4.78 is 5.19. The van der Waals surface area contributed by atoms with E-state index in [2.05, 4.69) is 4.99 Å². The molecular formula is C6H12N2O. The summed E-state index contributed by atoms with van der Waals surface area (Å²) in [5.74, 6) is 0.837. The van der Waals surface area contributed by atoms with Crippen molar-refractivity contribution in [3.05, 3.63) is 0 Å². The molecule has 0 aromatic rings. The molecule has 0 radical (unpaired) electrons. The van der Waals surface area contributed by atoms with Crippen molar-refractivity contribution in [3.8, 4) is 0 Å². The van der Waals surface area contributed by atoms with Crippen LogP contribution < -0.4 is 5.73 Å². The number of ether oxygens (including phenoxy) is 1. The Morgan fingerprint density at radius 1 is 1.67 bits per heavy atom. The maximum atomic E-state index is 5.30. The highest BCUT2D eigenvalue weighted by molar-refractivity contribution is 5.76. The fraction of sp³-hybridized carbons (Fsp3) is 0.833. The van der Waals surface area contributed by atoms with Crippen molar-refractivity contribution in [3.63, 3.8) is 0 Å². The van der Waals surface area contributed by atoms with Crippen LogP contribution >= 0.6 is 0 Å². The fourth-order valence-corrected chi connectivity index (χ4v) is 0.779. The van der Waals surface area contributed by atoms with E-state index in [0.717, 1.165) is 31.9 Å². The lowest BCUT2D eigenvalue weighted by molar-refractivity contribution is 0.274. The highest BCUT2D eigenvalue weighted by atomic mass is 16.5. The van der Waals surface area contributed by atoms with Gasteiger partial charge in [-0.25, -0.2) is 0 Å². The van der Waals surface area contributed by atoms with Gasteiger partial charge in [-0.15, -0.1) is 0 Å². The molecule has 0 fully saturated rings. The van der Waals surface area contributed by atoms with Crippen LogP contribution in [-0.2, 0) is 4.74 Å². The minimum Gasteiger partial charge on any atom is -0.481 e. The summed E-state index contributed by atoms with van der Waals surface area (Å²) in [6, 6.07) is 0. The minimum atomic E-state index is 0.638. The first kappa shape index (κ1) is 6.55. The van der Waals surface area contributed by atoms with E-state index in [0.29, 0.717) is 6.54 Å². The van der Waals surface area contributed by atoms with Crippen molar-refractivity contribution < 1.29 is 4.74 Å². The lowest BCUT2D eigenvalue weighted by Crippen LogP contribution is -2.17. The Morgan fingerprint density at radius 3 is 3.11 bits per heavy atom. The lowest BCUT2D eigenvalue weighted by Gasteiger charge is -2.12. The van der Waals surface area contributed by atoms with Gasteiger partial charge < -0.3 is 10.5 Å². The number of aliphatic imine (C=N–C) groups is 1. The molecule has 0 amide bonds. The third kappa shape index (κ3) is 2.01. The number of hydrogen-bond donors (Lipinski definition) is 1. The number of rotatable bonds is 2. The Kier molecular flexibility index (Phi) is 2.51. The van der Waals surface area contributed by atoms with Gasteiger partial charge in [-0.05, 0) is 0 Å². The van der Waals surface area contributed by atoms with Gasteiger partial charge in [-0.3, -0.25) is 4.99 Å². The summed E-state index contributed by atoms with van der Waals surface area (Å²) in [7, 11) is 0. The molecule has 0 spiro atoms. The number of hydrogen-bond acceptors (Lipinski definition) is 3. The van der Waals surface area contributed by atoms with Gasteiger partial charge in [0.15, 0.2) is 5.90 Å². The maximum absolute atomic E-state index is 5.30. The number of nitrogens with zero attached hydrogens (tertiary/aromatic N) is 1. The van der Waals surface area contributed by atoms with Crippen LogP contribution in [0.3, 0.4) is 0 Å². The predicted molar refractivity (Wildman–Crippen MR) is 36.5 cm³/mol. The van der Waals surface area contributed by atoms with E-state index < -0.39 is 0 Å². The highest BCUT2D eigenvalue weighted by Gasteiger charge is 2.02. The highest BCUT2D eigenvalue weighted by Crippen LogP contribution is 1.98. The average molecular weight is 128 g/mol. The van der Waals surface area contributed by atoms with Crippen molar-refractivity contribution in [2.45, 2.75) is 12.8 Å². The molecule has 0 saturated carbocycles. The summed E-state index contributed by atoms with van der Waals surface area (Å²) in [5, 5.41) is 0. The molecular weight excluding hydrogens is 116 g/mol. The Morgan fingerprint density at radius 2 is 2.56 bits per heavy atom. The first-order chi connectivity index (χ1) is 4.43. The molecule has 0 aromatic carbocycles. The van der Waals surface area contributed by atoms with Gasteiger partial charge in [-0.1, -0.05) is 0 Å². The van der Waals surface area contributed by atoms with Crippen LogP contribution in [0.15, 0.2) is 4.99 Å². The smallest absolute Gasteiger partial charge is 0.184 e. The molecule has 3 heteroatoms. The first-order valence-electron chi connectivity index (χ1n) is 3.29. The topological polar surface area (TPSA) is 47.6 Å². The van der Waals surface area contributed by atoms with Crippen LogP contribution in [-0.4, -0.2) is 25.6 Å². The molecule has 1 aliphatic heterocycles. The largest absolute Gasteiger partial charge is 0.481 e. The Balaban J connectivity index is 2.28. The van der Waals surface area contributed by atoms with Crippen LogP contribution in [0.2, 0.25) is 0 Å². The van der Waals surface area contributed by atoms with E-state index in [1.165, 1.54) is 0 Å². The molecule has 1 aliphatic rings. The van der Waals surface area contributed by atoms with Gasteiger partial charge in [0.1, 0.15) is 0 Å². The van der Waals surface area contributed by atoms with E-state index in [-0.39, 0.29) is 0 Å². The fourth-order valence-electron chi connectivity index (χ4n) is 0.779. The van der Waals surface area contributed by atoms with Crippen molar-refractivity contribution in [1.82, 2.24) is 0 Å². The van der Waals surface area contributed by atoms with Gasteiger partial charge in [-0.2, -0.15) is 0 Å². The Bertz CT molecular complexity index is 112.